The average molecular weight is 455 g/mol. The highest BCUT2D eigenvalue weighted by Gasteiger charge is 2.13. The second-order valence-electron chi connectivity index (χ2n) is 6.98. The fraction of sp³-hybridized carbons (Fsp3) is 0.167. The van der Waals surface area contributed by atoms with Gasteiger partial charge >= 0.3 is 0 Å². The first-order valence-electron chi connectivity index (χ1n) is 9.71. The van der Waals surface area contributed by atoms with Gasteiger partial charge in [0.15, 0.2) is 12.4 Å². The number of halogens is 1. The third-order valence-corrected chi connectivity index (χ3v) is 4.67. The van der Waals surface area contributed by atoms with Crippen molar-refractivity contribution in [1.29, 1.82) is 0 Å². The number of hydrogen-bond acceptors (Lipinski definition) is 5. The molecule has 3 aromatic rings. The summed E-state index contributed by atoms with van der Waals surface area (Å²) in [6, 6.07) is 18.6. The minimum absolute atomic E-state index is 0.119. The van der Waals surface area contributed by atoms with E-state index in [4.69, 9.17) is 25.8 Å². The topological polar surface area (TPSA) is 77.1 Å². The lowest BCUT2D eigenvalue weighted by atomic mass is 10.2. The predicted molar refractivity (Wildman–Crippen MR) is 123 cm³/mol. The summed E-state index contributed by atoms with van der Waals surface area (Å²) in [7, 11) is 4.88. The van der Waals surface area contributed by atoms with Gasteiger partial charge in [0.25, 0.3) is 11.8 Å². The van der Waals surface area contributed by atoms with Gasteiger partial charge in [-0.2, -0.15) is 0 Å². The maximum absolute atomic E-state index is 12.9. The van der Waals surface area contributed by atoms with Crippen LogP contribution in [0.25, 0.3) is 0 Å². The fourth-order valence-electron chi connectivity index (χ4n) is 2.66. The molecule has 0 radical (unpaired) electrons. The maximum atomic E-state index is 12.9. The van der Waals surface area contributed by atoms with Gasteiger partial charge in [-0.25, -0.2) is 0 Å². The Labute approximate surface area is 191 Å². The van der Waals surface area contributed by atoms with E-state index in [0.717, 1.165) is 0 Å². The normalized spacial score (nSPS) is 10.2. The third-order valence-electron chi connectivity index (χ3n) is 4.43. The van der Waals surface area contributed by atoms with Crippen LogP contribution in [0.15, 0.2) is 66.7 Å². The zero-order valence-corrected chi connectivity index (χ0v) is 18.7. The highest BCUT2D eigenvalue weighted by Crippen LogP contribution is 2.33. The van der Waals surface area contributed by atoms with Crippen molar-refractivity contribution in [1.82, 2.24) is 4.90 Å². The number of nitrogens with zero attached hydrogens (tertiary/aromatic N) is 1. The molecule has 0 fully saturated rings. The van der Waals surface area contributed by atoms with Crippen LogP contribution in [-0.2, 0) is 4.79 Å². The number of nitrogens with one attached hydrogen (secondary N) is 1. The molecule has 166 valence electrons. The van der Waals surface area contributed by atoms with Gasteiger partial charge in [-0.1, -0.05) is 17.7 Å². The van der Waals surface area contributed by atoms with Crippen LogP contribution < -0.4 is 19.5 Å². The molecule has 0 aliphatic carbocycles. The molecule has 0 aliphatic rings. The Hall–Kier alpha value is -3.71. The molecule has 0 atom stereocenters. The highest BCUT2D eigenvalue weighted by molar-refractivity contribution is 6.31. The number of anilines is 1. The van der Waals surface area contributed by atoms with Gasteiger partial charge in [0.2, 0.25) is 0 Å². The van der Waals surface area contributed by atoms with Crippen molar-refractivity contribution in [3.05, 3.63) is 77.3 Å². The molecule has 0 bridgehead atoms. The van der Waals surface area contributed by atoms with Crippen LogP contribution in [0.2, 0.25) is 5.02 Å². The van der Waals surface area contributed by atoms with E-state index in [1.807, 2.05) is 0 Å². The molecule has 2 amide bonds. The van der Waals surface area contributed by atoms with Gasteiger partial charge in [0.1, 0.15) is 17.2 Å². The lowest BCUT2D eigenvalue weighted by Crippen LogP contribution is -2.27. The Bertz CT molecular complexity index is 1100. The summed E-state index contributed by atoms with van der Waals surface area (Å²) >= 11 is 6.13. The van der Waals surface area contributed by atoms with Crippen LogP contribution in [0.1, 0.15) is 10.4 Å². The van der Waals surface area contributed by atoms with E-state index in [2.05, 4.69) is 5.32 Å². The van der Waals surface area contributed by atoms with Gasteiger partial charge < -0.3 is 24.4 Å². The van der Waals surface area contributed by atoms with Crippen LogP contribution in [0.3, 0.4) is 0 Å². The van der Waals surface area contributed by atoms with Crippen molar-refractivity contribution >= 4 is 29.1 Å². The van der Waals surface area contributed by atoms with E-state index in [1.165, 1.54) is 4.90 Å². The summed E-state index contributed by atoms with van der Waals surface area (Å²) in [5.41, 5.74) is 0.766. The number of methoxy groups -OCH3 is 1. The molecular weight excluding hydrogens is 432 g/mol. The number of carbonyl (C=O) groups excluding carboxylic acids is 2. The zero-order valence-electron chi connectivity index (χ0n) is 17.9. The Morgan fingerprint density at radius 3 is 2.34 bits per heavy atom. The molecule has 0 saturated carbocycles. The monoisotopic (exact) mass is 454 g/mol. The molecule has 3 rings (SSSR count). The Balaban J connectivity index is 1.75. The van der Waals surface area contributed by atoms with Gasteiger partial charge in [0.05, 0.1) is 12.8 Å². The van der Waals surface area contributed by atoms with E-state index in [9.17, 15) is 9.59 Å². The highest BCUT2D eigenvalue weighted by atomic mass is 35.5. The lowest BCUT2D eigenvalue weighted by molar-refractivity contribution is -0.130. The minimum Gasteiger partial charge on any atom is -0.497 e. The van der Waals surface area contributed by atoms with Crippen molar-refractivity contribution in [2.24, 2.45) is 0 Å². The number of hydrogen-bond donors (Lipinski definition) is 1. The summed E-state index contributed by atoms with van der Waals surface area (Å²) in [4.78, 5) is 26.0. The first-order valence-corrected chi connectivity index (χ1v) is 10.1. The van der Waals surface area contributed by atoms with Gasteiger partial charge in [0, 0.05) is 24.7 Å². The largest absolute Gasteiger partial charge is 0.497 e. The summed E-state index contributed by atoms with van der Waals surface area (Å²) < 4.78 is 16.6. The molecule has 3 aromatic carbocycles. The molecule has 1 N–H and O–H groups in total. The van der Waals surface area contributed by atoms with Crippen LogP contribution in [0, 0.1) is 0 Å². The third kappa shape index (κ3) is 6.15. The SMILES string of the molecule is COc1ccc(Oc2ccc(Cl)cc2NC(=O)c2cccc(OCC(=O)N(C)C)c2)cc1. The molecule has 7 nitrogen and oxygen atoms in total. The van der Waals surface area contributed by atoms with Crippen molar-refractivity contribution in [2.75, 3.05) is 33.1 Å². The van der Waals surface area contributed by atoms with Crippen LogP contribution in [0.4, 0.5) is 5.69 Å². The van der Waals surface area contributed by atoms with Crippen molar-refractivity contribution in [3.8, 4) is 23.0 Å². The second-order valence-corrected chi connectivity index (χ2v) is 7.41. The quantitative estimate of drug-likeness (QED) is 0.526. The average Bonchev–Trinajstić information content (AvgIpc) is 2.79. The van der Waals surface area contributed by atoms with Crippen molar-refractivity contribution < 1.29 is 23.8 Å². The van der Waals surface area contributed by atoms with E-state index in [1.54, 1.807) is 87.9 Å². The molecule has 0 unspecified atom stereocenters. The molecule has 0 spiro atoms. The number of benzene rings is 3. The molecule has 0 aromatic heterocycles. The van der Waals surface area contributed by atoms with E-state index < -0.39 is 0 Å². The number of rotatable bonds is 8. The zero-order chi connectivity index (χ0) is 23.1. The summed E-state index contributed by atoms with van der Waals surface area (Å²) in [6.45, 7) is -0.119. The number of ether oxygens (including phenoxy) is 3. The Morgan fingerprint density at radius 1 is 0.938 bits per heavy atom. The van der Waals surface area contributed by atoms with Crippen LogP contribution in [-0.4, -0.2) is 44.5 Å². The van der Waals surface area contributed by atoms with E-state index in [0.29, 0.717) is 39.3 Å². The molecule has 0 aliphatic heterocycles. The van der Waals surface area contributed by atoms with Gasteiger partial charge in [-0.15, -0.1) is 0 Å². The minimum atomic E-state index is -0.378. The summed E-state index contributed by atoms with van der Waals surface area (Å²) in [5.74, 6) is 1.56. The molecular formula is C24H23ClN2O5. The van der Waals surface area contributed by atoms with Gasteiger partial charge in [-0.05, 0) is 60.7 Å². The standard InChI is InChI=1S/C24H23ClN2O5/c1-27(2)23(28)15-31-20-6-4-5-16(13-20)24(29)26-21-14-17(25)7-12-22(21)32-19-10-8-18(30-3)9-11-19/h4-14H,15H2,1-3H3,(H,26,29). The number of carbonyl (C=O) groups is 2. The summed E-state index contributed by atoms with van der Waals surface area (Å²) in [5, 5.41) is 3.26. The smallest absolute Gasteiger partial charge is 0.259 e. The molecule has 32 heavy (non-hydrogen) atoms. The van der Waals surface area contributed by atoms with E-state index >= 15 is 0 Å². The van der Waals surface area contributed by atoms with Crippen LogP contribution >= 0.6 is 11.6 Å². The van der Waals surface area contributed by atoms with Crippen molar-refractivity contribution in [2.45, 2.75) is 0 Å². The first-order chi connectivity index (χ1) is 15.4. The Kier molecular flexibility index (Phi) is 7.57. The lowest BCUT2D eigenvalue weighted by Gasteiger charge is -2.14. The fourth-order valence-corrected chi connectivity index (χ4v) is 2.83. The number of amides is 2. The van der Waals surface area contributed by atoms with Crippen LogP contribution in [0.5, 0.6) is 23.0 Å². The first kappa shape index (κ1) is 23.0. The van der Waals surface area contributed by atoms with E-state index in [-0.39, 0.29) is 18.4 Å². The molecule has 0 saturated heterocycles. The second kappa shape index (κ2) is 10.5. The maximum Gasteiger partial charge on any atom is 0.259 e. The van der Waals surface area contributed by atoms with Gasteiger partial charge in [-0.3, -0.25) is 9.59 Å². The van der Waals surface area contributed by atoms with Crippen molar-refractivity contribution in [3.63, 3.8) is 0 Å². The summed E-state index contributed by atoms with van der Waals surface area (Å²) in [6.07, 6.45) is 0. The predicted octanol–water partition coefficient (Wildman–Crippen LogP) is 4.86. The number of likely N-dealkylation sites (N-methyl/N-ethyl adjacent to an activating group) is 1. The Morgan fingerprint density at radius 2 is 1.66 bits per heavy atom. The molecule has 0 heterocycles. The molecule has 8 heteroatoms.